The first-order valence-corrected chi connectivity index (χ1v) is 2.37. The molecular formula is C4H5ClNNaO. The Morgan fingerprint density at radius 2 is 2.12 bits per heavy atom. The van der Waals surface area contributed by atoms with E-state index in [1.54, 1.807) is 0 Å². The normalized spacial score (nSPS) is 21.6. The molecule has 0 N–H and O–H groups in total. The summed E-state index contributed by atoms with van der Waals surface area (Å²) in [6.45, 7) is 5.63. The molecule has 1 fully saturated rings. The predicted octanol–water partition coefficient (Wildman–Crippen LogP) is -2.28. The molecule has 0 amide bonds. The minimum absolute atomic E-state index is 0. The van der Waals surface area contributed by atoms with Gasteiger partial charge in [0.25, 0.3) is 0 Å². The fourth-order valence-electron chi connectivity index (χ4n) is 0.157. The second kappa shape index (κ2) is 7.74. The molecule has 0 aliphatic carbocycles. The van der Waals surface area contributed by atoms with Crippen molar-refractivity contribution in [2.45, 2.75) is 6.10 Å². The molecule has 1 aliphatic rings. The van der Waals surface area contributed by atoms with Crippen LogP contribution >= 0.6 is 11.6 Å². The van der Waals surface area contributed by atoms with Crippen molar-refractivity contribution in [3.8, 4) is 0 Å². The van der Waals surface area contributed by atoms with Gasteiger partial charge in [-0.3, -0.25) is 0 Å². The van der Waals surface area contributed by atoms with Crippen molar-refractivity contribution in [2.24, 2.45) is 0 Å². The monoisotopic (exact) mass is 141 g/mol. The zero-order chi connectivity index (χ0) is 5.70. The predicted molar refractivity (Wildman–Crippen MR) is 25.4 cm³/mol. The molecule has 0 spiro atoms. The molecule has 40 valence electrons. The number of epoxide rings is 1. The number of ether oxygens (including phenoxy) is 1. The number of nitrogens with zero attached hydrogens (tertiary/aromatic N) is 1. The Morgan fingerprint density at radius 3 is 2.12 bits per heavy atom. The minimum atomic E-state index is 0. The fourth-order valence-corrected chi connectivity index (χ4v) is 0.335. The third-order valence-electron chi connectivity index (χ3n) is 0.574. The van der Waals surface area contributed by atoms with Gasteiger partial charge in [0.05, 0.1) is 18.6 Å². The summed E-state index contributed by atoms with van der Waals surface area (Å²) in [7, 11) is 0. The average molecular weight is 142 g/mol. The number of hydrogen-bond acceptors (Lipinski definition) is 2. The van der Waals surface area contributed by atoms with Crippen LogP contribution in [0.4, 0.5) is 0 Å². The molecule has 1 saturated heterocycles. The molecule has 1 aliphatic heterocycles. The van der Waals surface area contributed by atoms with Crippen LogP contribution < -0.4 is 29.6 Å². The third-order valence-corrected chi connectivity index (χ3v) is 0.919. The third kappa shape index (κ3) is 6.74. The average Bonchev–Trinajstić information content (AvgIpc) is 2.52. The van der Waals surface area contributed by atoms with Gasteiger partial charge in [-0.05, 0) is 0 Å². The van der Waals surface area contributed by atoms with Gasteiger partial charge in [0.1, 0.15) is 0 Å². The van der Waals surface area contributed by atoms with Crippen LogP contribution in [0, 0.1) is 11.8 Å². The Labute approximate surface area is 76.1 Å². The molecule has 1 heterocycles. The van der Waals surface area contributed by atoms with Crippen LogP contribution in [0.2, 0.25) is 0 Å². The van der Waals surface area contributed by atoms with Gasteiger partial charge in [0, 0.05) is 0 Å². The molecule has 0 aromatic carbocycles. The Balaban J connectivity index is 0. The van der Waals surface area contributed by atoms with E-state index in [0.717, 1.165) is 6.61 Å². The van der Waals surface area contributed by atoms with E-state index in [4.69, 9.17) is 28.2 Å². The summed E-state index contributed by atoms with van der Waals surface area (Å²) in [4.78, 5) is 0. The molecule has 0 aromatic heterocycles. The van der Waals surface area contributed by atoms with Crippen LogP contribution in [0.1, 0.15) is 0 Å². The Hall–Kier alpha value is 0.740. The number of hydrogen-bond donors (Lipinski definition) is 0. The molecule has 2 nitrogen and oxygen atoms in total. The van der Waals surface area contributed by atoms with Crippen molar-refractivity contribution in [2.75, 3.05) is 12.5 Å². The van der Waals surface area contributed by atoms with Gasteiger partial charge in [0.2, 0.25) is 0 Å². The van der Waals surface area contributed by atoms with E-state index < -0.39 is 0 Å². The van der Waals surface area contributed by atoms with Crippen LogP contribution in [0.25, 0.3) is 0 Å². The van der Waals surface area contributed by atoms with E-state index in [9.17, 15) is 0 Å². The summed E-state index contributed by atoms with van der Waals surface area (Å²) >= 11 is 5.27. The molecule has 0 radical (unpaired) electrons. The number of alkyl halides is 1. The first-order chi connectivity index (χ1) is 3.43. The maximum atomic E-state index is 6.25. The van der Waals surface area contributed by atoms with Crippen molar-refractivity contribution < 1.29 is 34.3 Å². The first kappa shape index (κ1) is 11.5. The van der Waals surface area contributed by atoms with Gasteiger partial charge in [-0.25, -0.2) is 0 Å². The SMILES string of the molecule is ClCC1CO1.[C-]#N.[Na+]. The van der Waals surface area contributed by atoms with Crippen molar-refractivity contribution in [1.29, 1.82) is 5.26 Å². The van der Waals surface area contributed by atoms with Gasteiger partial charge in [0.15, 0.2) is 0 Å². The molecule has 1 rings (SSSR count). The van der Waals surface area contributed by atoms with Gasteiger partial charge < -0.3 is 16.6 Å². The van der Waals surface area contributed by atoms with Gasteiger partial charge in [-0.15, -0.1) is 11.6 Å². The Bertz CT molecular complexity index is 64.3. The largest absolute Gasteiger partial charge is 1.00 e. The van der Waals surface area contributed by atoms with Crippen molar-refractivity contribution >= 4 is 11.6 Å². The van der Waals surface area contributed by atoms with Crippen LogP contribution in [0.15, 0.2) is 0 Å². The summed E-state index contributed by atoms with van der Waals surface area (Å²) in [5.74, 6) is 0.667. The topological polar surface area (TPSA) is 36.3 Å². The van der Waals surface area contributed by atoms with Gasteiger partial charge >= 0.3 is 29.6 Å². The molecule has 0 saturated carbocycles. The van der Waals surface area contributed by atoms with Crippen LogP contribution in [0.5, 0.6) is 0 Å². The summed E-state index contributed by atoms with van der Waals surface area (Å²) in [5, 5.41) is 6.25. The van der Waals surface area contributed by atoms with E-state index in [1.165, 1.54) is 0 Å². The van der Waals surface area contributed by atoms with E-state index in [2.05, 4.69) is 0 Å². The Kier molecular flexibility index (Phi) is 11.2. The Morgan fingerprint density at radius 1 is 1.75 bits per heavy atom. The van der Waals surface area contributed by atoms with Crippen molar-refractivity contribution in [3.63, 3.8) is 0 Å². The van der Waals surface area contributed by atoms with Crippen LogP contribution in [-0.2, 0) is 4.74 Å². The number of rotatable bonds is 1. The summed E-state index contributed by atoms with van der Waals surface area (Å²) in [5.41, 5.74) is 0. The van der Waals surface area contributed by atoms with Crippen molar-refractivity contribution in [1.82, 2.24) is 0 Å². The zero-order valence-corrected chi connectivity index (χ0v) is 7.48. The summed E-state index contributed by atoms with van der Waals surface area (Å²) in [6.07, 6.45) is 0.400. The maximum Gasteiger partial charge on any atom is 1.00 e. The van der Waals surface area contributed by atoms with Gasteiger partial charge in [-0.2, -0.15) is 0 Å². The summed E-state index contributed by atoms with van der Waals surface area (Å²) in [6, 6.07) is 0. The van der Waals surface area contributed by atoms with E-state index in [-0.39, 0.29) is 29.6 Å². The molecular weight excluding hydrogens is 136 g/mol. The van der Waals surface area contributed by atoms with E-state index >= 15 is 0 Å². The van der Waals surface area contributed by atoms with Crippen molar-refractivity contribution in [3.05, 3.63) is 6.57 Å². The molecule has 8 heavy (non-hydrogen) atoms. The zero-order valence-electron chi connectivity index (χ0n) is 4.72. The minimum Gasteiger partial charge on any atom is -0.512 e. The molecule has 4 heteroatoms. The second-order valence-corrected chi connectivity index (χ2v) is 1.42. The van der Waals surface area contributed by atoms with Crippen LogP contribution in [0.3, 0.4) is 0 Å². The molecule has 1 atom stereocenters. The molecule has 0 bridgehead atoms. The number of halogens is 1. The maximum absolute atomic E-state index is 6.25. The fraction of sp³-hybridized carbons (Fsp3) is 0.750. The smallest absolute Gasteiger partial charge is 0.512 e. The first-order valence-electron chi connectivity index (χ1n) is 1.83. The van der Waals surface area contributed by atoms with Gasteiger partial charge in [-0.1, -0.05) is 0 Å². The molecule has 0 aromatic rings. The standard InChI is InChI=1S/C3H5ClO.CN.Na/c4-1-3-2-5-3;1-2;/h3H,1-2H2;;/q;-1;+1. The molecule has 1 unspecified atom stereocenters. The summed E-state index contributed by atoms with van der Waals surface area (Å²) < 4.78 is 4.73. The van der Waals surface area contributed by atoms with Crippen LogP contribution in [-0.4, -0.2) is 18.6 Å². The second-order valence-electron chi connectivity index (χ2n) is 1.11. The van der Waals surface area contributed by atoms with E-state index in [1.807, 2.05) is 0 Å². The van der Waals surface area contributed by atoms with E-state index in [0.29, 0.717) is 12.0 Å². The quantitative estimate of drug-likeness (QED) is 0.179.